The van der Waals surface area contributed by atoms with E-state index in [0.717, 1.165) is 11.1 Å². The fourth-order valence-electron chi connectivity index (χ4n) is 3.97. The Bertz CT molecular complexity index is 1260. The quantitative estimate of drug-likeness (QED) is 0.454. The van der Waals surface area contributed by atoms with Gasteiger partial charge in [0.15, 0.2) is 11.5 Å². The summed E-state index contributed by atoms with van der Waals surface area (Å²) in [6, 6.07) is 20.4. The van der Waals surface area contributed by atoms with Crippen LogP contribution in [0.4, 0.5) is 11.4 Å². The summed E-state index contributed by atoms with van der Waals surface area (Å²) in [6.45, 7) is 8.61. The third kappa shape index (κ3) is 4.39. The lowest BCUT2D eigenvalue weighted by Crippen LogP contribution is -2.33. The molecule has 0 aromatic heterocycles. The SMILES string of the molecule is CCOc1ccc(NC2=C(c3ccccc3)C(=O)N(c3cc(C)ccc3C)C2=O)cc1OCC. The molecule has 0 bridgehead atoms. The van der Waals surface area contributed by atoms with Crippen LogP contribution >= 0.6 is 0 Å². The van der Waals surface area contributed by atoms with Gasteiger partial charge in [0, 0.05) is 11.8 Å². The first-order valence-electron chi connectivity index (χ1n) is 11.4. The number of imide groups is 1. The van der Waals surface area contributed by atoms with Crippen LogP contribution in [-0.4, -0.2) is 25.0 Å². The van der Waals surface area contributed by atoms with Gasteiger partial charge in [0.1, 0.15) is 5.70 Å². The Morgan fingerprint density at radius 1 is 0.794 bits per heavy atom. The number of amides is 2. The first-order valence-corrected chi connectivity index (χ1v) is 11.4. The van der Waals surface area contributed by atoms with E-state index in [2.05, 4.69) is 5.32 Å². The standard InChI is InChI=1S/C28H28N2O4/c1-5-33-23-15-14-21(17-24(23)34-6-2)29-26-25(20-10-8-7-9-11-20)27(31)30(28(26)32)22-16-18(3)12-13-19(22)4/h7-17,29H,5-6H2,1-4H3. The highest BCUT2D eigenvalue weighted by Gasteiger charge is 2.40. The van der Waals surface area contributed by atoms with Crippen molar-refractivity contribution in [2.45, 2.75) is 27.7 Å². The minimum Gasteiger partial charge on any atom is -0.490 e. The average molecular weight is 457 g/mol. The second-order valence-corrected chi connectivity index (χ2v) is 8.00. The second-order valence-electron chi connectivity index (χ2n) is 8.00. The topological polar surface area (TPSA) is 67.9 Å². The first-order chi connectivity index (χ1) is 16.4. The maximum atomic E-state index is 13.7. The predicted molar refractivity (Wildman–Crippen MR) is 134 cm³/mol. The van der Waals surface area contributed by atoms with E-state index in [1.54, 1.807) is 12.1 Å². The fourth-order valence-corrected chi connectivity index (χ4v) is 3.97. The lowest BCUT2D eigenvalue weighted by Gasteiger charge is -2.18. The van der Waals surface area contributed by atoms with Crippen LogP contribution in [0.25, 0.3) is 5.57 Å². The van der Waals surface area contributed by atoms with Crippen LogP contribution in [-0.2, 0) is 9.59 Å². The van der Waals surface area contributed by atoms with Gasteiger partial charge in [-0.05, 0) is 62.6 Å². The Balaban J connectivity index is 1.80. The van der Waals surface area contributed by atoms with Crippen LogP contribution in [0.1, 0.15) is 30.5 Å². The number of benzene rings is 3. The second kappa shape index (κ2) is 9.83. The largest absolute Gasteiger partial charge is 0.490 e. The van der Waals surface area contributed by atoms with Gasteiger partial charge in [-0.25, -0.2) is 4.90 Å². The molecule has 174 valence electrons. The highest BCUT2D eigenvalue weighted by Crippen LogP contribution is 2.37. The Hall–Kier alpha value is -4.06. The zero-order valence-corrected chi connectivity index (χ0v) is 19.8. The number of hydrogen-bond acceptors (Lipinski definition) is 5. The van der Waals surface area contributed by atoms with Gasteiger partial charge in [-0.1, -0.05) is 42.5 Å². The summed E-state index contributed by atoms with van der Waals surface area (Å²) < 4.78 is 11.4. The molecule has 0 unspecified atom stereocenters. The van der Waals surface area contributed by atoms with E-state index in [1.807, 2.05) is 82.3 Å². The summed E-state index contributed by atoms with van der Waals surface area (Å²) in [5.41, 5.74) is 4.26. The Morgan fingerprint density at radius 2 is 1.50 bits per heavy atom. The third-order valence-corrected chi connectivity index (χ3v) is 5.56. The summed E-state index contributed by atoms with van der Waals surface area (Å²) in [6.07, 6.45) is 0. The molecule has 1 aliphatic rings. The molecule has 6 nitrogen and oxygen atoms in total. The molecule has 6 heteroatoms. The third-order valence-electron chi connectivity index (χ3n) is 5.56. The Morgan fingerprint density at radius 3 is 2.21 bits per heavy atom. The van der Waals surface area contributed by atoms with Gasteiger partial charge >= 0.3 is 0 Å². The van der Waals surface area contributed by atoms with Crippen molar-refractivity contribution in [2.24, 2.45) is 0 Å². The lowest BCUT2D eigenvalue weighted by atomic mass is 10.0. The zero-order chi connectivity index (χ0) is 24.2. The molecule has 3 aromatic rings. The minimum absolute atomic E-state index is 0.226. The van der Waals surface area contributed by atoms with Crippen molar-refractivity contribution in [2.75, 3.05) is 23.4 Å². The van der Waals surface area contributed by atoms with Crippen molar-refractivity contribution in [3.05, 3.63) is 89.1 Å². The molecule has 0 saturated carbocycles. The Labute approximate surface area is 199 Å². The number of hydrogen-bond donors (Lipinski definition) is 1. The Kier molecular flexibility index (Phi) is 6.68. The van der Waals surface area contributed by atoms with Gasteiger partial charge in [0.2, 0.25) is 0 Å². The molecule has 4 rings (SSSR count). The molecule has 34 heavy (non-hydrogen) atoms. The van der Waals surface area contributed by atoms with Gasteiger partial charge in [-0.15, -0.1) is 0 Å². The first kappa shape index (κ1) is 23.1. The molecular formula is C28H28N2O4. The van der Waals surface area contributed by atoms with Crippen molar-refractivity contribution >= 4 is 28.8 Å². The van der Waals surface area contributed by atoms with Gasteiger partial charge in [-0.3, -0.25) is 9.59 Å². The van der Waals surface area contributed by atoms with E-state index in [0.29, 0.717) is 47.2 Å². The summed E-state index contributed by atoms with van der Waals surface area (Å²) in [7, 11) is 0. The molecule has 1 heterocycles. The van der Waals surface area contributed by atoms with Gasteiger partial charge in [0.25, 0.3) is 11.8 Å². The van der Waals surface area contributed by atoms with Crippen molar-refractivity contribution in [3.8, 4) is 11.5 Å². The van der Waals surface area contributed by atoms with Crippen molar-refractivity contribution < 1.29 is 19.1 Å². The number of carbonyl (C=O) groups excluding carboxylic acids is 2. The number of rotatable bonds is 8. The molecular weight excluding hydrogens is 428 g/mol. The minimum atomic E-state index is -0.399. The molecule has 0 atom stereocenters. The number of ether oxygens (including phenoxy) is 2. The number of anilines is 2. The molecule has 3 aromatic carbocycles. The highest BCUT2D eigenvalue weighted by molar-refractivity contribution is 6.46. The number of carbonyl (C=O) groups is 2. The molecule has 0 aliphatic carbocycles. The summed E-state index contributed by atoms with van der Waals surface area (Å²) in [5.74, 6) is 0.435. The van der Waals surface area contributed by atoms with E-state index in [-0.39, 0.29) is 11.6 Å². The molecule has 1 N–H and O–H groups in total. The van der Waals surface area contributed by atoms with Crippen LogP contribution < -0.4 is 19.7 Å². The van der Waals surface area contributed by atoms with Crippen LogP contribution in [0.15, 0.2) is 72.4 Å². The van der Waals surface area contributed by atoms with E-state index < -0.39 is 5.91 Å². The molecule has 0 spiro atoms. The number of aryl methyl sites for hydroxylation is 2. The average Bonchev–Trinajstić information content (AvgIpc) is 3.07. The summed E-state index contributed by atoms with van der Waals surface area (Å²) in [5, 5.41) is 3.20. The van der Waals surface area contributed by atoms with Crippen LogP contribution in [0, 0.1) is 13.8 Å². The van der Waals surface area contributed by atoms with Crippen molar-refractivity contribution in [3.63, 3.8) is 0 Å². The maximum absolute atomic E-state index is 13.7. The smallest absolute Gasteiger partial charge is 0.282 e. The van der Waals surface area contributed by atoms with Crippen molar-refractivity contribution in [1.82, 2.24) is 0 Å². The fraction of sp³-hybridized carbons (Fsp3) is 0.214. The normalized spacial score (nSPS) is 13.5. The predicted octanol–water partition coefficient (Wildman–Crippen LogP) is 5.50. The number of nitrogens with one attached hydrogen (secondary N) is 1. The summed E-state index contributed by atoms with van der Waals surface area (Å²) >= 11 is 0. The molecule has 2 amide bonds. The monoisotopic (exact) mass is 456 g/mol. The lowest BCUT2D eigenvalue weighted by molar-refractivity contribution is -0.120. The van der Waals surface area contributed by atoms with Gasteiger partial charge in [0.05, 0.1) is 24.5 Å². The molecule has 0 radical (unpaired) electrons. The van der Waals surface area contributed by atoms with Crippen LogP contribution in [0.5, 0.6) is 11.5 Å². The highest BCUT2D eigenvalue weighted by atomic mass is 16.5. The van der Waals surface area contributed by atoms with Gasteiger partial charge in [-0.2, -0.15) is 0 Å². The van der Waals surface area contributed by atoms with E-state index in [4.69, 9.17) is 9.47 Å². The zero-order valence-electron chi connectivity index (χ0n) is 19.8. The van der Waals surface area contributed by atoms with E-state index in [9.17, 15) is 9.59 Å². The van der Waals surface area contributed by atoms with Crippen molar-refractivity contribution in [1.29, 1.82) is 0 Å². The molecule has 0 saturated heterocycles. The molecule has 0 fully saturated rings. The van der Waals surface area contributed by atoms with Crippen LogP contribution in [0.3, 0.4) is 0 Å². The van der Waals surface area contributed by atoms with E-state index >= 15 is 0 Å². The maximum Gasteiger partial charge on any atom is 0.282 e. The number of nitrogens with zero attached hydrogens (tertiary/aromatic N) is 1. The van der Waals surface area contributed by atoms with Crippen LogP contribution in [0.2, 0.25) is 0 Å². The van der Waals surface area contributed by atoms with Gasteiger partial charge < -0.3 is 14.8 Å². The molecule has 1 aliphatic heterocycles. The summed E-state index contributed by atoms with van der Waals surface area (Å²) in [4.78, 5) is 28.6. The van der Waals surface area contributed by atoms with E-state index in [1.165, 1.54) is 4.90 Å².